The van der Waals surface area contributed by atoms with Crippen molar-refractivity contribution >= 4 is 11.6 Å². The van der Waals surface area contributed by atoms with E-state index in [-0.39, 0.29) is 5.95 Å². The number of hydrogen-bond donors (Lipinski definition) is 0. The second-order valence-corrected chi connectivity index (χ2v) is 5.73. The Kier molecular flexibility index (Phi) is 4.55. The lowest BCUT2D eigenvalue weighted by Crippen LogP contribution is -2.32. The van der Waals surface area contributed by atoms with Crippen molar-refractivity contribution in [1.29, 1.82) is 0 Å². The first-order valence-electron chi connectivity index (χ1n) is 7.76. The average Bonchev–Trinajstić information content (AvgIpc) is 2.81. The van der Waals surface area contributed by atoms with Gasteiger partial charge in [-0.1, -0.05) is 0 Å². The summed E-state index contributed by atoms with van der Waals surface area (Å²) in [5, 5.41) is 0. The van der Waals surface area contributed by atoms with E-state index < -0.39 is 11.9 Å². The largest absolute Gasteiger partial charge is 0.433 e. The molecule has 0 spiro atoms. The first-order valence-corrected chi connectivity index (χ1v) is 7.76. The summed E-state index contributed by atoms with van der Waals surface area (Å²) >= 11 is 0. The van der Waals surface area contributed by atoms with Gasteiger partial charge < -0.3 is 9.80 Å². The third kappa shape index (κ3) is 3.58. The van der Waals surface area contributed by atoms with Crippen LogP contribution in [0.5, 0.6) is 0 Å². The highest BCUT2D eigenvalue weighted by molar-refractivity contribution is 5.52. The van der Waals surface area contributed by atoms with Gasteiger partial charge in [0.25, 0.3) is 0 Å². The highest BCUT2D eigenvalue weighted by atomic mass is 19.4. The molecule has 1 aliphatic rings. The minimum absolute atomic E-state index is 0.137. The molecule has 0 bridgehead atoms. The third-order valence-corrected chi connectivity index (χ3v) is 4.04. The van der Waals surface area contributed by atoms with Crippen LogP contribution in [0.15, 0.2) is 30.7 Å². The van der Waals surface area contributed by atoms with Crippen molar-refractivity contribution in [3.05, 3.63) is 42.0 Å². The third-order valence-electron chi connectivity index (χ3n) is 4.04. The Morgan fingerprint density at radius 3 is 2.50 bits per heavy atom. The Morgan fingerprint density at radius 2 is 1.75 bits per heavy atom. The fourth-order valence-corrected chi connectivity index (χ4v) is 2.84. The second-order valence-electron chi connectivity index (χ2n) is 5.73. The van der Waals surface area contributed by atoms with Gasteiger partial charge in [-0.25, -0.2) is 9.97 Å². The molecule has 0 radical (unpaired) electrons. The van der Waals surface area contributed by atoms with Crippen molar-refractivity contribution in [1.82, 2.24) is 15.0 Å². The number of halogens is 3. The lowest BCUT2D eigenvalue weighted by atomic mass is 10.2. The van der Waals surface area contributed by atoms with Crippen molar-refractivity contribution in [2.45, 2.75) is 19.5 Å². The van der Waals surface area contributed by atoms with Gasteiger partial charge >= 0.3 is 6.18 Å². The van der Waals surface area contributed by atoms with Crippen molar-refractivity contribution < 1.29 is 13.2 Å². The summed E-state index contributed by atoms with van der Waals surface area (Å²) in [6, 6.07) is 2.86. The maximum absolute atomic E-state index is 12.8. The number of alkyl halides is 3. The molecule has 0 N–H and O–H groups in total. The number of hydrogen-bond acceptors (Lipinski definition) is 5. The summed E-state index contributed by atoms with van der Waals surface area (Å²) in [5.41, 5.74) is 1.29. The number of nitrogens with zero attached hydrogens (tertiary/aromatic N) is 5. The van der Waals surface area contributed by atoms with Crippen LogP contribution in [0, 0.1) is 6.92 Å². The van der Waals surface area contributed by atoms with Gasteiger partial charge in [-0.2, -0.15) is 13.2 Å². The molecule has 0 amide bonds. The molecule has 3 heterocycles. The predicted octanol–water partition coefficient (Wildman–Crippen LogP) is 2.92. The highest BCUT2D eigenvalue weighted by Crippen LogP contribution is 2.28. The molecular weight excluding hydrogens is 319 g/mol. The molecule has 0 atom stereocenters. The number of aromatic nitrogens is 3. The molecular formula is C16H18F3N5. The number of aryl methyl sites for hydroxylation is 1. The lowest BCUT2D eigenvalue weighted by Gasteiger charge is -2.25. The normalized spacial score (nSPS) is 16.2. The molecule has 8 heteroatoms. The lowest BCUT2D eigenvalue weighted by molar-refractivity contribution is -0.141. The molecule has 0 unspecified atom stereocenters. The molecule has 24 heavy (non-hydrogen) atoms. The smallest absolute Gasteiger partial charge is 0.369 e. The molecule has 1 aliphatic heterocycles. The first kappa shape index (κ1) is 16.5. The van der Waals surface area contributed by atoms with E-state index in [4.69, 9.17) is 0 Å². The molecule has 1 fully saturated rings. The van der Waals surface area contributed by atoms with E-state index in [1.54, 1.807) is 6.20 Å². The number of anilines is 2. The molecule has 3 rings (SSSR count). The van der Waals surface area contributed by atoms with Crippen LogP contribution in [0.2, 0.25) is 0 Å². The Morgan fingerprint density at radius 1 is 1.00 bits per heavy atom. The minimum Gasteiger partial charge on any atom is -0.369 e. The Balaban J connectivity index is 1.76. The van der Waals surface area contributed by atoms with Gasteiger partial charge in [-0.3, -0.25) is 4.98 Å². The number of pyridine rings is 1. The SMILES string of the molecule is Cc1cnccc1N1CCCN(c2nccc(C(F)(F)F)n2)CC1. The molecule has 128 valence electrons. The summed E-state index contributed by atoms with van der Waals surface area (Å²) in [4.78, 5) is 15.8. The molecule has 0 aliphatic carbocycles. The van der Waals surface area contributed by atoms with Crippen molar-refractivity contribution in [3.63, 3.8) is 0 Å². The van der Waals surface area contributed by atoms with E-state index in [1.807, 2.05) is 24.1 Å². The predicted molar refractivity (Wildman–Crippen MR) is 85.1 cm³/mol. The zero-order chi connectivity index (χ0) is 17.2. The van der Waals surface area contributed by atoms with E-state index >= 15 is 0 Å². The molecule has 0 aromatic carbocycles. The Hall–Kier alpha value is -2.38. The average molecular weight is 337 g/mol. The minimum atomic E-state index is -4.45. The fraction of sp³-hybridized carbons (Fsp3) is 0.438. The van der Waals surface area contributed by atoms with Gasteiger partial charge in [0.2, 0.25) is 5.95 Å². The van der Waals surface area contributed by atoms with E-state index in [2.05, 4.69) is 19.9 Å². The highest BCUT2D eigenvalue weighted by Gasteiger charge is 2.33. The van der Waals surface area contributed by atoms with E-state index in [1.165, 1.54) is 6.20 Å². The van der Waals surface area contributed by atoms with Crippen LogP contribution < -0.4 is 9.80 Å². The van der Waals surface area contributed by atoms with Crippen LogP contribution in [-0.2, 0) is 6.18 Å². The summed E-state index contributed by atoms with van der Waals surface area (Å²) in [5.74, 6) is 0.137. The second kappa shape index (κ2) is 6.62. The standard InChI is InChI=1S/C16H18F3N5/c1-12-11-20-5-3-13(12)23-7-2-8-24(10-9-23)15-21-6-4-14(22-15)16(17,18)19/h3-6,11H,2,7-10H2,1H3. The maximum atomic E-state index is 12.8. The summed E-state index contributed by atoms with van der Waals surface area (Å²) in [7, 11) is 0. The van der Waals surface area contributed by atoms with Crippen LogP contribution >= 0.6 is 0 Å². The van der Waals surface area contributed by atoms with Crippen LogP contribution in [0.25, 0.3) is 0 Å². The van der Waals surface area contributed by atoms with Gasteiger partial charge in [-0.05, 0) is 31.0 Å². The van der Waals surface area contributed by atoms with Gasteiger partial charge in [0.1, 0.15) is 5.69 Å². The van der Waals surface area contributed by atoms with Gasteiger partial charge in [-0.15, -0.1) is 0 Å². The van der Waals surface area contributed by atoms with Crippen LogP contribution in [0.4, 0.5) is 24.8 Å². The molecule has 0 saturated carbocycles. The van der Waals surface area contributed by atoms with Gasteiger partial charge in [0.15, 0.2) is 0 Å². The monoisotopic (exact) mass is 337 g/mol. The molecule has 1 saturated heterocycles. The van der Waals surface area contributed by atoms with Crippen molar-refractivity contribution in [2.24, 2.45) is 0 Å². The first-order chi connectivity index (χ1) is 11.4. The van der Waals surface area contributed by atoms with E-state index in [0.717, 1.165) is 30.3 Å². The van der Waals surface area contributed by atoms with Gasteiger partial charge in [0.05, 0.1) is 0 Å². The molecule has 2 aromatic heterocycles. The van der Waals surface area contributed by atoms with Crippen LogP contribution in [0.1, 0.15) is 17.7 Å². The summed E-state index contributed by atoms with van der Waals surface area (Å²) in [6.07, 6.45) is 1.10. The summed E-state index contributed by atoms with van der Waals surface area (Å²) < 4.78 is 38.5. The van der Waals surface area contributed by atoms with Crippen LogP contribution in [-0.4, -0.2) is 41.1 Å². The quantitative estimate of drug-likeness (QED) is 0.843. The van der Waals surface area contributed by atoms with Gasteiger partial charge in [0, 0.05) is 50.5 Å². The van der Waals surface area contributed by atoms with Crippen molar-refractivity contribution in [3.8, 4) is 0 Å². The van der Waals surface area contributed by atoms with E-state index in [0.29, 0.717) is 19.6 Å². The van der Waals surface area contributed by atoms with E-state index in [9.17, 15) is 13.2 Å². The molecule has 5 nitrogen and oxygen atoms in total. The zero-order valence-electron chi connectivity index (χ0n) is 13.3. The Bertz CT molecular complexity index is 704. The topological polar surface area (TPSA) is 45.2 Å². The maximum Gasteiger partial charge on any atom is 0.433 e. The summed E-state index contributed by atoms with van der Waals surface area (Å²) in [6.45, 7) is 4.73. The molecule has 2 aromatic rings. The zero-order valence-corrected chi connectivity index (χ0v) is 13.3. The number of rotatable bonds is 2. The fourth-order valence-electron chi connectivity index (χ4n) is 2.84. The Labute approximate surface area is 138 Å². The van der Waals surface area contributed by atoms with Crippen molar-refractivity contribution in [2.75, 3.05) is 36.0 Å². The van der Waals surface area contributed by atoms with Crippen LogP contribution in [0.3, 0.4) is 0 Å².